The highest BCUT2D eigenvalue weighted by Gasteiger charge is 2.11. The average molecular weight is 206 g/mol. The zero-order valence-electron chi connectivity index (χ0n) is 9.89. The van der Waals surface area contributed by atoms with Crippen molar-refractivity contribution in [2.24, 2.45) is 0 Å². The number of ether oxygens (including phenoxy) is 1. The van der Waals surface area contributed by atoms with Crippen molar-refractivity contribution in [1.29, 1.82) is 0 Å². The Bertz CT molecular complexity index is 367. The second-order valence-corrected chi connectivity index (χ2v) is 3.62. The monoisotopic (exact) mass is 206 g/mol. The van der Waals surface area contributed by atoms with Crippen LogP contribution in [0.4, 0.5) is 0 Å². The van der Waals surface area contributed by atoms with Gasteiger partial charge in [0.15, 0.2) is 5.78 Å². The molecule has 0 bridgehead atoms. The lowest BCUT2D eigenvalue weighted by Crippen LogP contribution is -2.03. The van der Waals surface area contributed by atoms with E-state index < -0.39 is 0 Å². The molecule has 1 aromatic rings. The van der Waals surface area contributed by atoms with Crippen LogP contribution >= 0.6 is 0 Å². The summed E-state index contributed by atoms with van der Waals surface area (Å²) in [5.74, 6) is 0.990. The summed E-state index contributed by atoms with van der Waals surface area (Å²) in [5, 5.41) is 0. The van der Waals surface area contributed by atoms with Gasteiger partial charge in [0.2, 0.25) is 0 Å². The van der Waals surface area contributed by atoms with Gasteiger partial charge in [0.25, 0.3) is 0 Å². The highest BCUT2D eigenvalue weighted by molar-refractivity contribution is 5.97. The Morgan fingerprint density at radius 2 is 2.00 bits per heavy atom. The van der Waals surface area contributed by atoms with Crippen LogP contribution in [0.2, 0.25) is 0 Å². The van der Waals surface area contributed by atoms with Crippen molar-refractivity contribution in [1.82, 2.24) is 0 Å². The minimum Gasteiger partial charge on any atom is -0.494 e. The van der Waals surface area contributed by atoms with E-state index in [1.807, 2.05) is 26.0 Å². The van der Waals surface area contributed by atoms with E-state index in [1.165, 1.54) is 0 Å². The molecule has 1 rings (SSSR count). The second kappa shape index (κ2) is 4.96. The molecule has 0 spiro atoms. The van der Waals surface area contributed by atoms with Gasteiger partial charge in [-0.25, -0.2) is 0 Å². The Labute approximate surface area is 91.3 Å². The molecule has 0 atom stereocenters. The lowest BCUT2D eigenvalue weighted by Gasteiger charge is -2.12. The minimum atomic E-state index is 0.132. The molecule has 0 saturated carbocycles. The SMILES string of the molecule is CCOc1cc(C)c(C(C)=O)c(CC)c1. The highest BCUT2D eigenvalue weighted by atomic mass is 16.5. The van der Waals surface area contributed by atoms with Gasteiger partial charge in [0.05, 0.1) is 6.61 Å². The van der Waals surface area contributed by atoms with Crippen molar-refractivity contribution in [3.05, 3.63) is 28.8 Å². The Hall–Kier alpha value is -1.31. The second-order valence-electron chi connectivity index (χ2n) is 3.62. The summed E-state index contributed by atoms with van der Waals surface area (Å²) in [7, 11) is 0. The zero-order valence-corrected chi connectivity index (χ0v) is 9.89. The number of Topliss-reactive ketones (excluding diaryl/α,β-unsaturated/α-hetero) is 1. The van der Waals surface area contributed by atoms with Crippen LogP contribution in [0.25, 0.3) is 0 Å². The maximum Gasteiger partial charge on any atom is 0.160 e. The summed E-state index contributed by atoms with van der Waals surface area (Å²) in [6.45, 7) is 8.24. The van der Waals surface area contributed by atoms with Crippen molar-refractivity contribution in [2.45, 2.75) is 34.1 Å². The van der Waals surface area contributed by atoms with Gasteiger partial charge in [-0.3, -0.25) is 4.79 Å². The third-order valence-corrected chi connectivity index (χ3v) is 2.43. The average Bonchev–Trinajstić information content (AvgIpc) is 2.16. The number of carbonyl (C=O) groups is 1. The Morgan fingerprint density at radius 3 is 2.47 bits per heavy atom. The fourth-order valence-electron chi connectivity index (χ4n) is 1.86. The maximum absolute atomic E-state index is 11.5. The first-order chi connectivity index (χ1) is 7.10. The van der Waals surface area contributed by atoms with Crippen LogP contribution in [0.5, 0.6) is 5.75 Å². The summed E-state index contributed by atoms with van der Waals surface area (Å²) >= 11 is 0. The normalized spacial score (nSPS) is 10.1. The van der Waals surface area contributed by atoms with E-state index in [-0.39, 0.29) is 5.78 Å². The number of rotatable bonds is 4. The summed E-state index contributed by atoms with van der Waals surface area (Å²) in [6.07, 6.45) is 0.858. The van der Waals surface area contributed by atoms with Crippen molar-refractivity contribution < 1.29 is 9.53 Å². The van der Waals surface area contributed by atoms with Crippen LogP contribution in [0, 0.1) is 6.92 Å². The van der Waals surface area contributed by atoms with Crippen LogP contribution in [-0.4, -0.2) is 12.4 Å². The maximum atomic E-state index is 11.5. The third kappa shape index (κ3) is 2.58. The van der Waals surface area contributed by atoms with Gasteiger partial charge in [-0.05, 0) is 50.5 Å². The van der Waals surface area contributed by atoms with Gasteiger partial charge in [0, 0.05) is 5.56 Å². The number of carbonyl (C=O) groups excluding carboxylic acids is 1. The molecule has 0 fully saturated rings. The van der Waals surface area contributed by atoms with Crippen LogP contribution in [0.15, 0.2) is 12.1 Å². The fourth-order valence-corrected chi connectivity index (χ4v) is 1.86. The molecule has 0 aliphatic rings. The topological polar surface area (TPSA) is 26.3 Å². The largest absolute Gasteiger partial charge is 0.494 e. The predicted molar refractivity (Wildman–Crippen MR) is 61.7 cm³/mol. The first kappa shape index (κ1) is 11.8. The Balaban J connectivity index is 3.24. The molecule has 0 radical (unpaired) electrons. The van der Waals surface area contributed by atoms with E-state index in [1.54, 1.807) is 6.92 Å². The van der Waals surface area contributed by atoms with Crippen molar-refractivity contribution in [3.8, 4) is 5.75 Å². The standard InChI is InChI=1S/C13H18O2/c1-5-11-8-12(15-6-2)7-9(3)13(11)10(4)14/h7-8H,5-6H2,1-4H3. The van der Waals surface area contributed by atoms with Gasteiger partial charge < -0.3 is 4.74 Å². The molecule has 0 unspecified atom stereocenters. The van der Waals surface area contributed by atoms with E-state index in [0.717, 1.165) is 28.9 Å². The quantitative estimate of drug-likeness (QED) is 0.707. The van der Waals surface area contributed by atoms with Crippen molar-refractivity contribution in [2.75, 3.05) is 6.61 Å². The predicted octanol–water partition coefficient (Wildman–Crippen LogP) is 3.16. The lowest BCUT2D eigenvalue weighted by molar-refractivity contribution is 0.101. The molecule has 0 heterocycles. The van der Waals surface area contributed by atoms with Crippen LogP contribution in [-0.2, 0) is 6.42 Å². The molecule has 1 aromatic carbocycles. The first-order valence-corrected chi connectivity index (χ1v) is 5.37. The third-order valence-electron chi connectivity index (χ3n) is 2.43. The van der Waals surface area contributed by atoms with Crippen molar-refractivity contribution >= 4 is 5.78 Å². The molecule has 0 aliphatic heterocycles. The van der Waals surface area contributed by atoms with Gasteiger partial charge in [-0.2, -0.15) is 0 Å². The molecule has 15 heavy (non-hydrogen) atoms. The van der Waals surface area contributed by atoms with E-state index >= 15 is 0 Å². The van der Waals surface area contributed by atoms with E-state index in [4.69, 9.17) is 4.74 Å². The molecule has 0 amide bonds. The van der Waals surface area contributed by atoms with Crippen LogP contribution < -0.4 is 4.74 Å². The number of benzene rings is 1. The van der Waals surface area contributed by atoms with Gasteiger partial charge in [0.1, 0.15) is 5.75 Å². The molecule has 82 valence electrons. The van der Waals surface area contributed by atoms with Gasteiger partial charge >= 0.3 is 0 Å². The smallest absolute Gasteiger partial charge is 0.160 e. The highest BCUT2D eigenvalue weighted by Crippen LogP contribution is 2.23. The molecule has 0 aliphatic carbocycles. The summed E-state index contributed by atoms with van der Waals surface area (Å²) in [6, 6.07) is 3.90. The molecule has 0 N–H and O–H groups in total. The number of aryl methyl sites for hydroxylation is 2. The minimum absolute atomic E-state index is 0.132. The lowest BCUT2D eigenvalue weighted by atomic mass is 9.97. The van der Waals surface area contributed by atoms with Gasteiger partial charge in [-0.1, -0.05) is 6.92 Å². The molecule has 0 saturated heterocycles. The first-order valence-electron chi connectivity index (χ1n) is 5.37. The number of hydrogen-bond acceptors (Lipinski definition) is 2. The van der Waals surface area contributed by atoms with Crippen molar-refractivity contribution in [3.63, 3.8) is 0 Å². The molecular weight excluding hydrogens is 188 g/mol. The molecule has 0 aromatic heterocycles. The number of ketones is 1. The zero-order chi connectivity index (χ0) is 11.4. The van der Waals surface area contributed by atoms with Crippen LogP contribution in [0.3, 0.4) is 0 Å². The number of hydrogen-bond donors (Lipinski definition) is 0. The van der Waals surface area contributed by atoms with Crippen LogP contribution in [0.1, 0.15) is 42.3 Å². The van der Waals surface area contributed by atoms with Gasteiger partial charge in [-0.15, -0.1) is 0 Å². The Morgan fingerprint density at radius 1 is 1.33 bits per heavy atom. The van der Waals surface area contributed by atoms with E-state index in [2.05, 4.69) is 6.92 Å². The molecular formula is C13H18O2. The molecule has 2 heteroatoms. The molecule has 2 nitrogen and oxygen atoms in total. The van der Waals surface area contributed by atoms with E-state index in [9.17, 15) is 4.79 Å². The summed E-state index contributed by atoms with van der Waals surface area (Å²) in [4.78, 5) is 11.5. The summed E-state index contributed by atoms with van der Waals surface area (Å²) < 4.78 is 5.45. The fraction of sp³-hybridized carbons (Fsp3) is 0.462. The summed E-state index contributed by atoms with van der Waals surface area (Å²) in [5.41, 5.74) is 2.93. The van der Waals surface area contributed by atoms with E-state index in [0.29, 0.717) is 6.61 Å². The Kier molecular flexibility index (Phi) is 3.89.